The highest BCUT2D eigenvalue weighted by Gasteiger charge is 2.30. The quantitative estimate of drug-likeness (QED) is 0.0205. The van der Waals surface area contributed by atoms with E-state index in [4.69, 9.17) is 13.8 Å². The number of carbonyl (C=O) groups excluding carboxylic acids is 2. The van der Waals surface area contributed by atoms with Crippen molar-refractivity contribution >= 4 is 19.7 Å². The molecule has 474 valence electrons. The third-order valence-electron chi connectivity index (χ3n) is 14.1. The number of unbranched alkanes of at least 4 members (excludes halogenated alkanes) is 23. The smallest absolute Gasteiger partial charge is 0.456 e. The molecule has 0 aliphatic carbocycles. The summed E-state index contributed by atoms with van der Waals surface area (Å²) in [6, 6.07) is -0.893. The maximum atomic E-state index is 13.6. The van der Waals surface area contributed by atoms with E-state index in [2.05, 4.69) is 142 Å². The van der Waals surface area contributed by atoms with Crippen molar-refractivity contribution in [3.63, 3.8) is 0 Å². The molecule has 3 atom stereocenters. The van der Waals surface area contributed by atoms with Crippen LogP contribution in [0.5, 0.6) is 0 Å². The number of quaternary nitrogens is 1. The molecule has 10 heteroatoms. The molecule has 1 amide bonds. The first kappa shape index (κ1) is 79.2. The fourth-order valence-electron chi connectivity index (χ4n) is 8.95. The number of nitrogens with zero attached hydrogens (tertiary/aromatic N) is 1. The normalized spacial score (nSPS) is 14.4. The third-order valence-corrected chi connectivity index (χ3v) is 15.1. The van der Waals surface area contributed by atoms with Crippen LogP contribution in [0, 0.1) is 0 Å². The van der Waals surface area contributed by atoms with Crippen molar-refractivity contribution in [2.45, 2.75) is 277 Å². The summed E-state index contributed by atoms with van der Waals surface area (Å²) in [6.07, 6.45) is 87.5. The number of phosphoric acid groups is 1. The molecule has 0 bridgehead atoms. The van der Waals surface area contributed by atoms with E-state index in [1.54, 1.807) is 0 Å². The molecule has 0 saturated carbocycles. The van der Waals surface area contributed by atoms with Crippen molar-refractivity contribution in [2.24, 2.45) is 0 Å². The van der Waals surface area contributed by atoms with E-state index >= 15 is 0 Å². The lowest BCUT2D eigenvalue weighted by atomic mass is 10.0. The zero-order valence-corrected chi connectivity index (χ0v) is 55.0. The minimum Gasteiger partial charge on any atom is -0.456 e. The van der Waals surface area contributed by atoms with Crippen molar-refractivity contribution in [1.29, 1.82) is 0 Å². The molecule has 0 heterocycles. The van der Waals surface area contributed by atoms with Crippen LogP contribution in [-0.2, 0) is 27.9 Å². The Morgan fingerprint density at radius 1 is 0.434 bits per heavy atom. The number of likely N-dealkylation sites (N-methyl/N-ethyl adjacent to an activating group) is 1. The van der Waals surface area contributed by atoms with Gasteiger partial charge in [0.1, 0.15) is 19.3 Å². The van der Waals surface area contributed by atoms with Gasteiger partial charge in [0.05, 0.1) is 33.8 Å². The molecule has 0 rings (SSSR count). The number of nitrogens with one attached hydrogen (secondary N) is 1. The second-order valence-corrected chi connectivity index (χ2v) is 24.7. The molecule has 0 spiro atoms. The van der Waals surface area contributed by atoms with Crippen molar-refractivity contribution in [3.8, 4) is 0 Å². The van der Waals surface area contributed by atoms with Gasteiger partial charge in [-0.05, 0) is 115 Å². The molecular weight excluding hydrogens is 1050 g/mol. The van der Waals surface area contributed by atoms with Crippen LogP contribution in [0.2, 0.25) is 0 Å². The van der Waals surface area contributed by atoms with Crippen LogP contribution in [0.25, 0.3) is 0 Å². The number of allylic oxidation sites excluding steroid dienone is 21. The van der Waals surface area contributed by atoms with E-state index in [0.29, 0.717) is 23.9 Å². The van der Waals surface area contributed by atoms with Crippen LogP contribution in [0.1, 0.15) is 265 Å². The topological polar surface area (TPSA) is 111 Å². The van der Waals surface area contributed by atoms with Gasteiger partial charge >= 0.3 is 13.8 Å². The molecule has 0 aliphatic heterocycles. The fraction of sp³-hybridized carbons (Fsp3) is 0.671. The predicted molar refractivity (Wildman–Crippen MR) is 359 cm³/mol. The molecule has 2 N–H and O–H groups in total. The Labute approximate surface area is 511 Å². The maximum Gasteiger partial charge on any atom is 0.472 e. The largest absolute Gasteiger partial charge is 0.472 e. The van der Waals surface area contributed by atoms with Gasteiger partial charge in [0.25, 0.3) is 0 Å². The van der Waals surface area contributed by atoms with Crippen LogP contribution in [0.15, 0.2) is 134 Å². The Morgan fingerprint density at radius 3 is 1.20 bits per heavy atom. The average Bonchev–Trinajstić information content (AvgIpc) is 3.46. The highest BCUT2D eigenvalue weighted by atomic mass is 31.2. The van der Waals surface area contributed by atoms with Gasteiger partial charge in [-0.2, -0.15) is 0 Å². The van der Waals surface area contributed by atoms with E-state index in [-0.39, 0.29) is 25.5 Å². The molecule has 0 aromatic heterocycles. The molecular formula is C73H126N2O7P+. The first-order valence-electron chi connectivity index (χ1n) is 33.5. The van der Waals surface area contributed by atoms with Crippen LogP contribution in [-0.4, -0.2) is 74.3 Å². The second-order valence-electron chi connectivity index (χ2n) is 23.3. The van der Waals surface area contributed by atoms with Crippen molar-refractivity contribution < 1.29 is 37.3 Å². The standard InChI is InChI=1S/C73H125N2O7P/c1-7-10-13-16-19-22-25-28-30-32-34-35-36-37-38-39-41-42-44-47-50-53-56-59-62-65-72(76)74-70(69-81-83(78,79)80-68-67-75(4,5)6)71(64-61-58-55-52-49-46-27-24-21-18-15-12-9-3)82-73(77)66-63-60-57-54-51-48-45-43-40-33-31-29-26-23-20-17-14-11-8-2/h11,14,19-20,22-23,28-31,34-35,37-38,40,43,48,51,57,60-61,64,70-71H,7-10,12-13,15-18,21,24-27,32-33,36,39,41-42,44-47,49-50,52-56,58-59,62-63,65-69H2,1-6H3,(H-,74,76,78,79)/p+1/b14-11-,22-19-,23-20-,30-28-,31-29-,35-34-,38-37-,43-40-,51-48-,60-57-,64-61-. The molecule has 0 radical (unpaired) electrons. The van der Waals surface area contributed by atoms with Gasteiger partial charge < -0.3 is 19.4 Å². The summed E-state index contributed by atoms with van der Waals surface area (Å²) in [5, 5.41) is 3.04. The zero-order valence-electron chi connectivity index (χ0n) is 54.1. The number of hydrogen-bond donors (Lipinski definition) is 2. The summed E-state index contributed by atoms with van der Waals surface area (Å²) >= 11 is 0. The Morgan fingerprint density at radius 2 is 0.783 bits per heavy atom. The van der Waals surface area contributed by atoms with Gasteiger partial charge in [-0.25, -0.2) is 4.57 Å². The SMILES string of the molecule is CC/C=C\C/C=C\C/C=C\C/C=C\C/C=C\C/C=C\CCC(=O)OC(/C=C\CCCCCCCCCCCCC)C(COP(=O)(O)OCC[N+](C)(C)C)NC(=O)CCCCCCCCCCC/C=C\C/C=C\C/C=C\C/C=C\CCCCC. The molecule has 9 nitrogen and oxygen atoms in total. The second kappa shape index (κ2) is 61.2. The minimum absolute atomic E-state index is 0.0208. The monoisotopic (exact) mass is 1170 g/mol. The van der Waals surface area contributed by atoms with Gasteiger partial charge in [0.15, 0.2) is 0 Å². The first-order chi connectivity index (χ1) is 40.4. The lowest BCUT2D eigenvalue weighted by Gasteiger charge is -2.27. The molecule has 3 unspecified atom stereocenters. The Balaban J connectivity index is 5.30. The maximum absolute atomic E-state index is 13.6. The minimum atomic E-state index is -4.48. The molecule has 0 fully saturated rings. The summed E-state index contributed by atoms with van der Waals surface area (Å²) in [4.78, 5) is 37.8. The van der Waals surface area contributed by atoms with Gasteiger partial charge in [-0.1, -0.05) is 270 Å². The molecule has 0 aliphatic rings. The summed E-state index contributed by atoms with van der Waals surface area (Å²) in [5.74, 6) is -0.615. The van der Waals surface area contributed by atoms with E-state index in [9.17, 15) is 19.0 Å². The average molecular weight is 1170 g/mol. The lowest BCUT2D eigenvalue weighted by Crippen LogP contribution is -2.47. The van der Waals surface area contributed by atoms with Gasteiger partial charge in [-0.15, -0.1) is 0 Å². The molecule has 83 heavy (non-hydrogen) atoms. The number of ether oxygens (including phenoxy) is 1. The van der Waals surface area contributed by atoms with Crippen molar-refractivity contribution in [3.05, 3.63) is 134 Å². The lowest BCUT2D eigenvalue weighted by molar-refractivity contribution is -0.870. The number of esters is 1. The molecule has 0 saturated heterocycles. The summed E-state index contributed by atoms with van der Waals surface area (Å²) in [6.45, 7) is 6.81. The Bertz CT molecular complexity index is 1880. The number of phosphoric ester groups is 1. The number of amides is 1. The summed E-state index contributed by atoms with van der Waals surface area (Å²) in [5.41, 5.74) is 0. The molecule has 0 aromatic carbocycles. The van der Waals surface area contributed by atoms with Crippen LogP contribution in [0.4, 0.5) is 0 Å². The predicted octanol–water partition coefficient (Wildman–Crippen LogP) is 21.2. The van der Waals surface area contributed by atoms with Crippen LogP contribution in [0.3, 0.4) is 0 Å². The van der Waals surface area contributed by atoms with Crippen LogP contribution >= 0.6 is 7.82 Å². The van der Waals surface area contributed by atoms with E-state index < -0.39 is 25.9 Å². The van der Waals surface area contributed by atoms with E-state index in [0.717, 1.165) is 109 Å². The Kier molecular flexibility index (Phi) is 58.4. The van der Waals surface area contributed by atoms with E-state index in [1.807, 2.05) is 39.4 Å². The highest BCUT2D eigenvalue weighted by molar-refractivity contribution is 7.47. The third kappa shape index (κ3) is 62.5. The molecule has 0 aromatic rings. The number of rotatable bonds is 59. The highest BCUT2D eigenvalue weighted by Crippen LogP contribution is 2.43. The van der Waals surface area contributed by atoms with Gasteiger partial charge in [-0.3, -0.25) is 18.6 Å². The van der Waals surface area contributed by atoms with Gasteiger partial charge in [0, 0.05) is 12.8 Å². The van der Waals surface area contributed by atoms with Crippen molar-refractivity contribution in [2.75, 3.05) is 40.9 Å². The summed E-state index contributed by atoms with van der Waals surface area (Å²) < 4.78 is 30.7. The number of hydrogen-bond acceptors (Lipinski definition) is 6. The van der Waals surface area contributed by atoms with Crippen LogP contribution < -0.4 is 5.32 Å². The first-order valence-corrected chi connectivity index (χ1v) is 35.0. The fourth-order valence-corrected chi connectivity index (χ4v) is 9.69. The summed E-state index contributed by atoms with van der Waals surface area (Å²) in [7, 11) is 1.44. The van der Waals surface area contributed by atoms with Gasteiger partial charge in [0.2, 0.25) is 5.91 Å². The van der Waals surface area contributed by atoms with E-state index in [1.165, 1.54) is 116 Å². The van der Waals surface area contributed by atoms with Crippen molar-refractivity contribution in [1.82, 2.24) is 5.32 Å². The Hall–Kier alpha value is -3.85. The number of carbonyl (C=O) groups is 2. The zero-order chi connectivity index (χ0) is 60.7.